The molecule has 0 unspecified atom stereocenters. The van der Waals surface area contributed by atoms with E-state index in [2.05, 4.69) is 35.1 Å². The average molecular weight is 370 g/mol. The molecule has 2 aromatic carbocycles. The number of hydrogen-bond acceptors (Lipinski definition) is 4. The number of rotatable bonds is 7. The fourth-order valence-electron chi connectivity index (χ4n) is 3.05. The second-order valence-corrected chi connectivity index (χ2v) is 6.57. The first kappa shape index (κ1) is 18.5. The van der Waals surface area contributed by atoms with Gasteiger partial charge in [0.25, 0.3) is 0 Å². The van der Waals surface area contributed by atoms with Gasteiger partial charge in [-0.15, -0.1) is 0 Å². The molecule has 136 valence electrons. The third-order valence-electron chi connectivity index (χ3n) is 4.55. The summed E-state index contributed by atoms with van der Waals surface area (Å²) in [5, 5.41) is 5.24. The molecule has 0 saturated heterocycles. The number of hydrogen-bond donors (Lipinski definition) is 1. The van der Waals surface area contributed by atoms with Crippen molar-refractivity contribution in [3.8, 4) is 5.75 Å². The van der Waals surface area contributed by atoms with Crippen molar-refractivity contribution in [2.75, 3.05) is 25.5 Å². The molecule has 1 heterocycles. The van der Waals surface area contributed by atoms with E-state index in [1.165, 1.54) is 5.56 Å². The van der Waals surface area contributed by atoms with Crippen molar-refractivity contribution in [2.45, 2.75) is 20.4 Å². The van der Waals surface area contributed by atoms with Crippen LogP contribution in [0, 0.1) is 0 Å². The number of nitrogens with one attached hydrogen (secondary N) is 1. The predicted molar refractivity (Wildman–Crippen MR) is 110 cm³/mol. The van der Waals surface area contributed by atoms with Crippen LogP contribution < -0.4 is 10.1 Å². The first-order valence-corrected chi connectivity index (χ1v) is 9.23. The second kappa shape index (κ2) is 8.39. The summed E-state index contributed by atoms with van der Waals surface area (Å²) in [4.78, 5) is 6.77. The van der Waals surface area contributed by atoms with Crippen LogP contribution >= 0.6 is 11.6 Å². The molecule has 0 bridgehead atoms. The van der Waals surface area contributed by atoms with Gasteiger partial charge in [0.15, 0.2) is 0 Å². The highest BCUT2D eigenvalue weighted by molar-refractivity contribution is 6.31. The standard InChI is InChI=1S/C21H24ClN3O/c1-4-25(5-2)14-15-12-17(7-9-21(15)26-3)24-19-10-11-23-20-13-16(22)6-8-18(19)20/h6-13H,4-5,14H2,1-3H3,(H,23,24). The van der Waals surface area contributed by atoms with Gasteiger partial charge < -0.3 is 10.1 Å². The first-order valence-electron chi connectivity index (χ1n) is 8.85. The van der Waals surface area contributed by atoms with E-state index >= 15 is 0 Å². The number of aromatic nitrogens is 1. The largest absolute Gasteiger partial charge is 0.496 e. The molecular weight excluding hydrogens is 346 g/mol. The number of ether oxygens (including phenoxy) is 1. The topological polar surface area (TPSA) is 37.4 Å². The number of fused-ring (bicyclic) bond motifs is 1. The van der Waals surface area contributed by atoms with Crippen molar-refractivity contribution in [3.63, 3.8) is 0 Å². The molecule has 26 heavy (non-hydrogen) atoms. The molecule has 0 aliphatic rings. The number of pyridine rings is 1. The van der Waals surface area contributed by atoms with Gasteiger partial charge in [0, 0.05) is 40.1 Å². The maximum atomic E-state index is 6.08. The van der Waals surface area contributed by atoms with Gasteiger partial charge in [-0.05, 0) is 55.6 Å². The molecule has 4 nitrogen and oxygen atoms in total. The van der Waals surface area contributed by atoms with E-state index in [0.29, 0.717) is 5.02 Å². The summed E-state index contributed by atoms with van der Waals surface area (Å²) < 4.78 is 5.54. The molecule has 1 N–H and O–H groups in total. The van der Waals surface area contributed by atoms with Crippen LogP contribution in [0.15, 0.2) is 48.7 Å². The van der Waals surface area contributed by atoms with Crippen molar-refractivity contribution in [1.29, 1.82) is 0 Å². The van der Waals surface area contributed by atoms with Crippen LogP contribution in [0.5, 0.6) is 5.75 Å². The number of nitrogens with zero attached hydrogens (tertiary/aromatic N) is 2. The lowest BCUT2D eigenvalue weighted by Gasteiger charge is -2.20. The van der Waals surface area contributed by atoms with Crippen molar-refractivity contribution >= 4 is 33.9 Å². The Bertz CT molecular complexity index is 894. The van der Waals surface area contributed by atoms with Gasteiger partial charge in [0.2, 0.25) is 0 Å². The van der Waals surface area contributed by atoms with Crippen LogP contribution in [0.25, 0.3) is 10.9 Å². The minimum Gasteiger partial charge on any atom is -0.496 e. The fraction of sp³-hybridized carbons (Fsp3) is 0.286. The predicted octanol–water partition coefficient (Wildman–Crippen LogP) is 5.48. The third-order valence-corrected chi connectivity index (χ3v) is 4.79. The molecule has 0 fully saturated rings. The van der Waals surface area contributed by atoms with Crippen LogP contribution in [0.4, 0.5) is 11.4 Å². The molecule has 5 heteroatoms. The summed E-state index contributed by atoms with van der Waals surface area (Å²) in [6.07, 6.45) is 1.79. The van der Waals surface area contributed by atoms with E-state index in [-0.39, 0.29) is 0 Å². The fourth-order valence-corrected chi connectivity index (χ4v) is 3.22. The maximum absolute atomic E-state index is 6.08. The third kappa shape index (κ3) is 4.09. The zero-order chi connectivity index (χ0) is 18.5. The molecule has 0 spiro atoms. The quantitative estimate of drug-likeness (QED) is 0.598. The Labute approximate surface area is 159 Å². The van der Waals surface area contributed by atoms with Gasteiger partial charge in [-0.2, -0.15) is 0 Å². The van der Waals surface area contributed by atoms with Gasteiger partial charge in [-0.1, -0.05) is 25.4 Å². The van der Waals surface area contributed by atoms with Crippen molar-refractivity contribution in [3.05, 3.63) is 59.2 Å². The minimum absolute atomic E-state index is 0.688. The Balaban J connectivity index is 1.93. The van der Waals surface area contributed by atoms with Gasteiger partial charge in [-0.25, -0.2) is 0 Å². The average Bonchev–Trinajstić information content (AvgIpc) is 2.66. The van der Waals surface area contributed by atoms with Crippen LogP contribution in [0.2, 0.25) is 5.02 Å². The minimum atomic E-state index is 0.688. The molecular formula is C21H24ClN3O. The normalized spacial score (nSPS) is 11.1. The van der Waals surface area contributed by atoms with E-state index < -0.39 is 0 Å². The molecule has 0 saturated carbocycles. The van der Waals surface area contributed by atoms with Crippen molar-refractivity contribution in [1.82, 2.24) is 9.88 Å². The van der Waals surface area contributed by atoms with E-state index in [4.69, 9.17) is 16.3 Å². The molecule has 0 aliphatic carbocycles. The second-order valence-electron chi connectivity index (χ2n) is 6.13. The summed E-state index contributed by atoms with van der Waals surface area (Å²) >= 11 is 6.08. The summed E-state index contributed by atoms with van der Waals surface area (Å²) in [6.45, 7) is 7.22. The Morgan fingerprint density at radius 3 is 2.62 bits per heavy atom. The lowest BCUT2D eigenvalue weighted by molar-refractivity contribution is 0.289. The molecule has 3 rings (SSSR count). The molecule has 0 aliphatic heterocycles. The molecule has 1 aromatic heterocycles. The van der Waals surface area contributed by atoms with Gasteiger partial charge in [0.1, 0.15) is 5.75 Å². The van der Waals surface area contributed by atoms with Crippen LogP contribution in [0.3, 0.4) is 0 Å². The number of anilines is 2. The molecule has 3 aromatic rings. The summed E-state index contributed by atoms with van der Waals surface area (Å²) in [5.74, 6) is 0.911. The summed E-state index contributed by atoms with van der Waals surface area (Å²) in [6, 6.07) is 13.9. The van der Waals surface area contributed by atoms with Crippen LogP contribution in [0.1, 0.15) is 19.4 Å². The van der Waals surface area contributed by atoms with Crippen LogP contribution in [-0.4, -0.2) is 30.1 Å². The molecule has 0 radical (unpaired) electrons. The zero-order valence-electron chi connectivity index (χ0n) is 15.4. The summed E-state index contributed by atoms with van der Waals surface area (Å²) in [7, 11) is 1.72. The maximum Gasteiger partial charge on any atom is 0.123 e. The first-order chi connectivity index (χ1) is 12.6. The van der Waals surface area contributed by atoms with Crippen molar-refractivity contribution < 1.29 is 4.74 Å². The monoisotopic (exact) mass is 369 g/mol. The Morgan fingerprint density at radius 1 is 1.08 bits per heavy atom. The van der Waals surface area contributed by atoms with Gasteiger partial charge >= 0.3 is 0 Å². The smallest absolute Gasteiger partial charge is 0.123 e. The highest BCUT2D eigenvalue weighted by Crippen LogP contribution is 2.30. The number of methoxy groups -OCH3 is 1. The molecule has 0 amide bonds. The Kier molecular flexibility index (Phi) is 5.96. The van der Waals surface area contributed by atoms with Crippen molar-refractivity contribution in [2.24, 2.45) is 0 Å². The van der Waals surface area contributed by atoms with E-state index in [9.17, 15) is 0 Å². The van der Waals surface area contributed by atoms with Gasteiger partial charge in [0.05, 0.1) is 12.6 Å². The van der Waals surface area contributed by atoms with E-state index in [1.807, 2.05) is 36.4 Å². The zero-order valence-corrected chi connectivity index (χ0v) is 16.2. The highest BCUT2D eigenvalue weighted by Gasteiger charge is 2.10. The summed E-state index contributed by atoms with van der Waals surface area (Å²) in [5.41, 5.74) is 4.07. The highest BCUT2D eigenvalue weighted by atomic mass is 35.5. The number of benzene rings is 2. The van der Waals surface area contributed by atoms with Gasteiger partial charge in [-0.3, -0.25) is 9.88 Å². The Morgan fingerprint density at radius 2 is 1.88 bits per heavy atom. The van der Waals surface area contributed by atoms with Crippen LogP contribution in [-0.2, 0) is 6.54 Å². The lowest BCUT2D eigenvalue weighted by Crippen LogP contribution is -2.22. The lowest BCUT2D eigenvalue weighted by atomic mass is 10.1. The SMILES string of the molecule is CCN(CC)Cc1cc(Nc2ccnc3cc(Cl)ccc23)ccc1OC. The molecule has 0 atom stereocenters. The Hall–Kier alpha value is -2.30. The number of halogens is 1. The van der Waals surface area contributed by atoms with E-state index in [0.717, 1.165) is 47.7 Å². The van der Waals surface area contributed by atoms with E-state index in [1.54, 1.807) is 13.3 Å².